The van der Waals surface area contributed by atoms with Crippen molar-refractivity contribution in [3.63, 3.8) is 0 Å². The molecule has 0 saturated heterocycles. The van der Waals surface area contributed by atoms with E-state index in [2.05, 4.69) is 10.3 Å². The molecule has 5 nitrogen and oxygen atoms in total. The second-order valence-corrected chi connectivity index (χ2v) is 7.38. The number of nitrogens with one attached hydrogen (secondary N) is 2. The van der Waals surface area contributed by atoms with Crippen molar-refractivity contribution in [2.45, 2.75) is 23.7 Å². The van der Waals surface area contributed by atoms with Gasteiger partial charge < -0.3 is 5.43 Å². The highest BCUT2D eigenvalue weighted by Gasteiger charge is 2.23. The molecule has 0 unspecified atom stereocenters. The van der Waals surface area contributed by atoms with Crippen LogP contribution in [0.5, 0.6) is 0 Å². The molecule has 3 rings (SSSR count). The molecule has 0 saturated carbocycles. The smallest absolute Gasteiger partial charge is 0.257 e. The molecule has 0 fully saturated rings. The second kappa shape index (κ2) is 6.98. The Morgan fingerprint density at radius 3 is 2.17 bits per heavy atom. The Labute approximate surface area is 141 Å². The van der Waals surface area contributed by atoms with E-state index in [0.29, 0.717) is 18.5 Å². The van der Waals surface area contributed by atoms with Gasteiger partial charge in [0.1, 0.15) is 0 Å². The van der Waals surface area contributed by atoms with Gasteiger partial charge in [0.05, 0.1) is 4.90 Å². The van der Waals surface area contributed by atoms with Crippen LogP contribution in [0.2, 0.25) is 0 Å². The Bertz CT molecular complexity index is 846. The topological polar surface area (TPSA) is 75.3 Å². The van der Waals surface area contributed by atoms with E-state index in [1.807, 2.05) is 30.3 Å². The minimum atomic E-state index is -3.67. The number of ketones is 1. The summed E-state index contributed by atoms with van der Waals surface area (Å²) in [7, 11) is -3.67. The highest BCUT2D eigenvalue weighted by atomic mass is 32.2. The fourth-order valence-electron chi connectivity index (χ4n) is 2.73. The lowest BCUT2D eigenvalue weighted by Crippen LogP contribution is -2.38. The van der Waals surface area contributed by atoms with E-state index in [0.717, 1.165) is 5.56 Å². The van der Waals surface area contributed by atoms with E-state index in [4.69, 9.17) is 0 Å². The maximum absolute atomic E-state index is 12.2. The zero-order valence-electron chi connectivity index (χ0n) is 13.0. The van der Waals surface area contributed by atoms with Crippen molar-refractivity contribution in [1.82, 2.24) is 10.3 Å². The third-order valence-electron chi connectivity index (χ3n) is 3.92. The Balaban J connectivity index is 1.70. The van der Waals surface area contributed by atoms with Gasteiger partial charge in [0.2, 0.25) is 0 Å². The summed E-state index contributed by atoms with van der Waals surface area (Å²) in [5.41, 5.74) is 4.34. The van der Waals surface area contributed by atoms with Gasteiger partial charge in [0.25, 0.3) is 10.0 Å². The number of sulfonamides is 1. The number of allylic oxidation sites excluding steroid dienone is 2. The van der Waals surface area contributed by atoms with Gasteiger partial charge in [-0.2, -0.15) is 0 Å². The first-order chi connectivity index (χ1) is 11.5. The molecule has 0 amide bonds. The standard InChI is InChI=1S/C18H18N2O3S/c21-17-12-15(14-7-3-1-4-8-14)11-16(13-17)19-20-24(22,23)18-9-5-2-6-10-18/h1-10,13,15,19-20H,11-12H2/t15-/m1/s1. The summed E-state index contributed by atoms with van der Waals surface area (Å²) in [6.07, 6.45) is 2.47. The Morgan fingerprint density at radius 1 is 0.875 bits per heavy atom. The quantitative estimate of drug-likeness (QED) is 0.819. The molecule has 0 heterocycles. The molecular weight excluding hydrogens is 324 g/mol. The minimum absolute atomic E-state index is 0.0171. The van der Waals surface area contributed by atoms with Crippen molar-refractivity contribution < 1.29 is 13.2 Å². The van der Waals surface area contributed by atoms with Crippen molar-refractivity contribution >= 4 is 15.8 Å². The minimum Gasteiger partial charge on any atom is -0.312 e. The molecule has 0 spiro atoms. The van der Waals surface area contributed by atoms with Gasteiger partial charge in [0, 0.05) is 18.2 Å². The van der Waals surface area contributed by atoms with Crippen molar-refractivity contribution in [2.24, 2.45) is 0 Å². The molecule has 1 aliphatic carbocycles. The molecular formula is C18H18N2O3S. The number of benzene rings is 2. The Hall–Kier alpha value is -2.44. The fourth-order valence-corrected chi connectivity index (χ4v) is 3.63. The van der Waals surface area contributed by atoms with Crippen LogP contribution in [0.25, 0.3) is 0 Å². The monoisotopic (exact) mass is 342 g/mol. The van der Waals surface area contributed by atoms with E-state index in [9.17, 15) is 13.2 Å². The molecule has 124 valence electrons. The Morgan fingerprint density at radius 2 is 1.50 bits per heavy atom. The Kier molecular flexibility index (Phi) is 4.78. The molecule has 0 radical (unpaired) electrons. The predicted molar refractivity (Wildman–Crippen MR) is 91.4 cm³/mol. The summed E-state index contributed by atoms with van der Waals surface area (Å²) < 4.78 is 24.4. The average molecular weight is 342 g/mol. The average Bonchev–Trinajstić information content (AvgIpc) is 2.61. The van der Waals surface area contributed by atoms with Crippen LogP contribution in [0.4, 0.5) is 0 Å². The molecule has 1 aliphatic rings. The van der Waals surface area contributed by atoms with Crippen LogP contribution in [0.15, 0.2) is 77.3 Å². The molecule has 2 aromatic rings. The number of hydrazine groups is 1. The van der Waals surface area contributed by atoms with E-state index in [-0.39, 0.29) is 16.6 Å². The fraction of sp³-hybridized carbons (Fsp3) is 0.167. The number of carbonyl (C=O) groups is 1. The zero-order chi connectivity index (χ0) is 17.0. The van der Waals surface area contributed by atoms with E-state index in [1.54, 1.807) is 18.2 Å². The van der Waals surface area contributed by atoms with Gasteiger partial charge in [-0.05, 0) is 30.0 Å². The second-order valence-electron chi connectivity index (χ2n) is 5.70. The van der Waals surface area contributed by atoms with Crippen molar-refractivity contribution in [3.8, 4) is 0 Å². The van der Waals surface area contributed by atoms with Crippen LogP contribution in [0, 0.1) is 0 Å². The number of hydrogen-bond donors (Lipinski definition) is 2. The third kappa shape index (κ3) is 3.90. The molecule has 6 heteroatoms. The van der Waals surface area contributed by atoms with Gasteiger partial charge in [0.15, 0.2) is 5.78 Å². The van der Waals surface area contributed by atoms with E-state index < -0.39 is 10.0 Å². The summed E-state index contributed by atoms with van der Waals surface area (Å²) in [5, 5.41) is 0. The number of hydrogen-bond acceptors (Lipinski definition) is 4. The van der Waals surface area contributed by atoms with Crippen molar-refractivity contribution in [3.05, 3.63) is 78.0 Å². The largest absolute Gasteiger partial charge is 0.312 e. The molecule has 24 heavy (non-hydrogen) atoms. The normalized spacial score (nSPS) is 18.1. The molecule has 2 N–H and O–H groups in total. The first-order valence-electron chi connectivity index (χ1n) is 7.66. The highest BCUT2D eigenvalue weighted by molar-refractivity contribution is 7.89. The van der Waals surface area contributed by atoms with Crippen LogP contribution < -0.4 is 10.3 Å². The number of rotatable bonds is 5. The number of carbonyl (C=O) groups excluding carboxylic acids is 1. The van der Waals surface area contributed by atoms with Gasteiger partial charge >= 0.3 is 0 Å². The first-order valence-corrected chi connectivity index (χ1v) is 9.14. The van der Waals surface area contributed by atoms with Gasteiger partial charge in [-0.3, -0.25) is 4.79 Å². The summed E-state index contributed by atoms with van der Waals surface area (Å²) in [4.78, 5) is 14.5. The maximum Gasteiger partial charge on any atom is 0.257 e. The summed E-state index contributed by atoms with van der Waals surface area (Å²) in [5.74, 6) is 0.0314. The lowest BCUT2D eigenvalue weighted by Gasteiger charge is -2.23. The third-order valence-corrected chi connectivity index (χ3v) is 5.18. The molecule has 0 aromatic heterocycles. The van der Waals surface area contributed by atoms with Gasteiger partial charge in [-0.1, -0.05) is 48.5 Å². The summed E-state index contributed by atoms with van der Waals surface area (Å²) in [6.45, 7) is 0. The summed E-state index contributed by atoms with van der Waals surface area (Å²) in [6, 6.07) is 17.8. The molecule has 0 bridgehead atoms. The first kappa shape index (κ1) is 16.4. The highest BCUT2D eigenvalue weighted by Crippen LogP contribution is 2.30. The maximum atomic E-state index is 12.2. The lowest BCUT2D eigenvalue weighted by atomic mass is 9.86. The van der Waals surface area contributed by atoms with Crippen LogP contribution in [0.3, 0.4) is 0 Å². The molecule has 1 atom stereocenters. The van der Waals surface area contributed by atoms with Crippen LogP contribution in [-0.2, 0) is 14.8 Å². The van der Waals surface area contributed by atoms with Crippen LogP contribution in [-0.4, -0.2) is 14.2 Å². The van der Waals surface area contributed by atoms with E-state index in [1.165, 1.54) is 18.2 Å². The SMILES string of the molecule is O=C1C=C(NNS(=O)(=O)c2ccccc2)C[C@@H](c2ccccc2)C1. The van der Waals surface area contributed by atoms with Crippen molar-refractivity contribution in [1.29, 1.82) is 0 Å². The predicted octanol–water partition coefficient (Wildman–Crippen LogP) is 2.50. The molecule has 0 aliphatic heterocycles. The molecule has 2 aromatic carbocycles. The lowest BCUT2D eigenvalue weighted by molar-refractivity contribution is -0.115. The van der Waals surface area contributed by atoms with Gasteiger partial charge in [-0.15, -0.1) is 4.83 Å². The van der Waals surface area contributed by atoms with Gasteiger partial charge in [-0.25, -0.2) is 8.42 Å². The van der Waals surface area contributed by atoms with Crippen molar-refractivity contribution in [2.75, 3.05) is 0 Å². The summed E-state index contributed by atoms with van der Waals surface area (Å²) >= 11 is 0. The van der Waals surface area contributed by atoms with E-state index >= 15 is 0 Å². The zero-order valence-corrected chi connectivity index (χ0v) is 13.8. The van der Waals surface area contributed by atoms with Crippen LogP contribution in [0.1, 0.15) is 24.3 Å². The van der Waals surface area contributed by atoms with Crippen LogP contribution >= 0.6 is 0 Å².